The summed E-state index contributed by atoms with van der Waals surface area (Å²) in [5, 5.41) is 3.07. The molecule has 3 N–H and O–H groups in total. The van der Waals surface area contributed by atoms with Gasteiger partial charge in [0.1, 0.15) is 17.8 Å². The Kier molecular flexibility index (Phi) is 5.25. The number of hydrogen-bond acceptors (Lipinski definition) is 2. The number of methoxy groups -OCH3 is 1. The van der Waals surface area contributed by atoms with Gasteiger partial charge in [0.15, 0.2) is 0 Å². The van der Waals surface area contributed by atoms with Gasteiger partial charge in [-0.2, -0.15) is 0 Å². The second kappa shape index (κ2) is 7.42. The van der Waals surface area contributed by atoms with Crippen LogP contribution >= 0.6 is 15.9 Å². The van der Waals surface area contributed by atoms with Crippen molar-refractivity contribution in [1.29, 1.82) is 0 Å². The van der Waals surface area contributed by atoms with E-state index in [0.717, 1.165) is 32.3 Å². The van der Waals surface area contributed by atoms with E-state index in [2.05, 4.69) is 33.2 Å². The third-order valence-corrected chi connectivity index (χ3v) is 5.17. The number of H-pyrrole nitrogens is 1. The summed E-state index contributed by atoms with van der Waals surface area (Å²) in [7, 11) is 1.65. The lowest BCUT2D eigenvalue weighted by molar-refractivity contribution is -0.709. The number of nitrogens with one attached hydrogen (secondary N) is 1. The molecular formula is C20H22BrN2O2+. The Morgan fingerprint density at radius 3 is 2.68 bits per heavy atom. The summed E-state index contributed by atoms with van der Waals surface area (Å²) in [6.45, 7) is 4.06. The molecule has 5 heteroatoms. The van der Waals surface area contributed by atoms with Crippen molar-refractivity contribution < 1.29 is 14.8 Å². The molecule has 0 fully saturated rings. The minimum atomic E-state index is -0.171. The van der Waals surface area contributed by atoms with Gasteiger partial charge in [0.25, 0.3) is 0 Å². The van der Waals surface area contributed by atoms with E-state index in [0.29, 0.717) is 0 Å². The first-order valence-corrected chi connectivity index (χ1v) is 9.09. The quantitative estimate of drug-likeness (QED) is 0.616. The van der Waals surface area contributed by atoms with E-state index in [-0.39, 0.29) is 17.9 Å². The molecular weight excluding hydrogens is 380 g/mol. The van der Waals surface area contributed by atoms with E-state index < -0.39 is 0 Å². The number of halogens is 1. The first-order valence-electron chi connectivity index (χ1n) is 8.30. The number of para-hydroxylation sites is 1. The molecule has 4 nitrogen and oxygen atoms in total. The maximum atomic E-state index is 12.9. The predicted octanol–water partition coefficient (Wildman–Crippen LogP) is 3.83. The summed E-state index contributed by atoms with van der Waals surface area (Å²) >= 11 is 3.52. The molecule has 3 aromatic rings. The van der Waals surface area contributed by atoms with Crippen LogP contribution in [0.15, 0.2) is 53.1 Å². The molecule has 0 spiro atoms. The molecule has 0 amide bonds. The summed E-state index contributed by atoms with van der Waals surface area (Å²) in [6.07, 6.45) is 1.81. The smallest absolute Gasteiger partial charge is 0.221 e. The van der Waals surface area contributed by atoms with Gasteiger partial charge in [-0.1, -0.05) is 18.2 Å². The Morgan fingerprint density at radius 2 is 1.96 bits per heavy atom. The SMILES string of the molecule is COc1ccc([C@H](C)[NH2+][C@H](C)C(=O)c2c[nH]c3ccccc23)cc1Br. The van der Waals surface area contributed by atoms with Gasteiger partial charge < -0.3 is 15.0 Å². The summed E-state index contributed by atoms with van der Waals surface area (Å²) in [5.41, 5.74) is 2.89. The molecule has 1 heterocycles. The number of rotatable bonds is 6. The average Bonchev–Trinajstić information content (AvgIpc) is 3.04. The van der Waals surface area contributed by atoms with E-state index in [1.807, 2.05) is 55.6 Å². The third-order valence-electron chi connectivity index (χ3n) is 4.55. The van der Waals surface area contributed by atoms with E-state index >= 15 is 0 Å². The lowest BCUT2D eigenvalue weighted by Gasteiger charge is -2.17. The number of ether oxygens (including phenoxy) is 1. The van der Waals surface area contributed by atoms with Crippen LogP contribution in [0.1, 0.15) is 35.8 Å². The van der Waals surface area contributed by atoms with E-state index in [4.69, 9.17) is 4.74 Å². The number of quaternary nitrogens is 1. The van der Waals surface area contributed by atoms with Crippen molar-refractivity contribution in [1.82, 2.24) is 4.98 Å². The Labute approximate surface area is 155 Å². The molecule has 25 heavy (non-hydrogen) atoms. The Morgan fingerprint density at radius 1 is 1.20 bits per heavy atom. The molecule has 2 aromatic carbocycles. The zero-order chi connectivity index (χ0) is 18.0. The zero-order valence-corrected chi connectivity index (χ0v) is 16.1. The van der Waals surface area contributed by atoms with Gasteiger partial charge in [0.05, 0.1) is 11.6 Å². The van der Waals surface area contributed by atoms with Gasteiger partial charge in [-0.3, -0.25) is 4.79 Å². The fourth-order valence-electron chi connectivity index (χ4n) is 3.12. The van der Waals surface area contributed by atoms with Crippen molar-refractivity contribution in [3.63, 3.8) is 0 Å². The number of aromatic amines is 1. The highest BCUT2D eigenvalue weighted by Gasteiger charge is 2.24. The molecule has 0 aliphatic rings. The summed E-state index contributed by atoms with van der Waals surface area (Å²) in [6, 6.07) is 13.9. The van der Waals surface area contributed by atoms with E-state index in [1.54, 1.807) is 7.11 Å². The van der Waals surface area contributed by atoms with Gasteiger partial charge in [0.2, 0.25) is 5.78 Å². The van der Waals surface area contributed by atoms with Crippen LogP contribution < -0.4 is 10.1 Å². The maximum absolute atomic E-state index is 12.9. The van der Waals surface area contributed by atoms with Crippen molar-refractivity contribution >= 4 is 32.6 Å². The standard InChI is InChI=1S/C20H21BrN2O2/c1-12(14-8-9-19(25-3)17(21)10-14)23-13(2)20(24)16-11-22-18-7-5-4-6-15(16)18/h4-13,22-23H,1-3H3/p+1/t12-,13+/m0/s1. The molecule has 0 saturated heterocycles. The molecule has 1 aromatic heterocycles. The molecule has 3 rings (SSSR count). The zero-order valence-electron chi connectivity index (χ0n) is 14.5. The van der Waals surface area contributed by atoms with E-state index in [9.17, 15) is 4.79 Å². The number of ketones is 1. The van der Waals surface area contributed by atoms with Crippen LogP contribution in [0.2, 0.25) is 0 Å². The van der Waals surface area contributed by atoms with Crippen molar-refractivity contribution in [3.8, 4) is 5.75 Å². The van der Waals surface area contributed by atoms with Crippen molar-refractivity contribution in [2.75, 3.05) is 7.11 Å². The van der Waals surface area contributed by atoms with Crippen molar-refractivity contribution in [2.45, 2.75) is 25.9 Å². The molecule has 0 aliphatic heterocycles. The minimum Gasteiger partial charge on any atom is -0.496 e. The Hall–Kier alpha value is -2.11. The van der Waals surface area contributed by atoms with Gasteiger partial charge >= 0.3 is 0 Å². The first-order chi connectivity index (χ1) is 12.0. The highest BCUT2D eigenvalue weighted by Crippen LogP contribution is 2.27. The number of aromatic nitrogens is 1. The van der Waals surface area contributed by atoms with Crippen LogP contribution in [0, 0.1) is 0 Å². The third kappa shape index (κ3) is 3.62. The lowest BCUT2D eigenvalue weighted by atomic mass is 10.0. The number of benzene rings is 2. The number of fused-ring (bicyclic) bond motifs is 1. The monoisotopic (exact) mass is 401 g/mol. The lowest BCUT2D eigenvalue weighted by Crippen LogP contribution is -2.91. The van der Waals surface area contributed by atoms with Crippen LogP contribution in [-0.2, 0) is 0 Å². The molecule has 130 valence electrons. The highest BCUT2D eigenvalue weighted by molar-refractivity contribution is 9.10. The number of carbonyl (C=O) groups is 1. The van der Waals surface area contributed by atoms with Crippen LogP contribution in [0.4, 0.5) is 0 Å². The second-order valence-corrected chi connectivity index (χ2v) is 7.13. The van der Waals surface area contributed by atoms with Crippen LogP contribution in [0.3, 0.4) is 0 Å². The number of nitrogens with two attached hydrogens (primary N) is 1. The predicted molar refractivity (Wildman–Crippen MR) is 103 cm³/mol. The minimum absolute atomic E-state index is 0.136. The molecule has 0 unspecified atom stereocenters. The Bertz CT molecular complexity index is 904. The normalized spacial score (nSPS) is 13.6. The van der Waals surface area contributed by atoms with Gasteiger partial charge in [-0.15, -0.1) is 0 Å². The summed E-state index contributed by atoms with van der Waals surface area (Å²) in [4.78, 5) is 16.0. The summed E-state index contributed by atoms with van der Waals surface area (Å²) in [5.74, 6) is 0.941. The molecule has 0 saturated carbocycles. The largest absolute Gasteiger partial charge is 0.496 e. The van der Waals surface area contributed by atoms with Crippen molar-refractivity contribution in [2.24, 2.45) is 0 Å². The van der Waals surface area contributed by atoms with Gasteiger partial charge in [0, 0.05) is 28.2 Å². The highest BCUT2D eigenvalue weighted by atomic mass is 79.9. The fraction of sp³-hybridized carbons (Fsp3) is 0.250. The number of carbonyl (C=O) groups excluding carboxylic acids is 1. The number of hydrogen-bond donors (Lipinski definition) is 2. The molecule has 0 bridgehead atoms. The van der Waals surface area contributed by atoms with Crippen LogP contribution in [0.25, 0.3) is 10.9 Å². The van der Waals surface area contributed by atoms with Gasteiger partial charge in [-0.05, 0) is 54.0 Å². The van der Waals surface area contributed by atoms with E-state index in [1.165, 1.54) is 0 Å². The topological polar surface area (TPSA) is 58.7 Å². The van der Waals surface area contributed by atoms with Crippen LogP contribution in [-0.4, -0.2) is 23.9 Å². The molecule has 0 radical (unpaired) electrons. The average molecular weight is 402 g/mol. The number of Topliss-reactive ketones (excluding diaryl/α,β-unsaturated/α-hetero) is 1. The fourth-order valence-corrected chi connectivity index (χ4v) is 3.68. The first kappa shape index (κ1) is 17.7. The molecule has 0 aliphatic carbocycles. The van der Waals surface area contributed by atoms with Crippen molar-refractivity contribution in [3.05, 3.63) is 64.3 Å². The van der Waals surface area contributed by atoms with Crippen LogP contribution in [0.5, 0.6) is 5.75 Å². The Balaban J connectivity index is 1.76. The maximum Gasteiger partial charge on any atom is 0.221 e. The molecule has 2 atom stereocenters. The summed E-state index contributed by atoms with van der Waals surface area (Å²) < 4.78 is 6.19. The second-order valence-electron chi connectivity index (χ2n) is 6.28. The van der Waals surface area contributed by atoms with Gasteiger partial charge in [-0.25, -0.2) is 0 Å².